The Morgan fingerprint density at radius 2 is 1.02 bits per heavy atom. The normalized spacial score (nSPS) is 13.1. The fourth-order valence-corrected chi connectivity index (χ4v) is 7.63. The summed E-state index contributed by atoms with van der Waals surface area (Å²) in [5, 5.41) is 6.26. The molecule has 0 bridgehead atoms. The van der Waals surface area contributed by atoms with Gasteiger partial charge in [-0.3, -0.25) is 0 Å². The molecule has 1 aliphatic carbocycles. The standard InChI is InChI=1S/C45H34N2/c1-45(2)39-17-10-9-16-36(39)44-40(45)18-11-19-41(44)46-34-24-20-31(21-25-34)33-23-27-43-38(29-33)37-28-32(30-12-5-3-6-13-30)22-26-42(37)47(43)35-14-7-4-8-15-35/h3-29,46H,1-2H3. The first-order chi connectivity index (χ1) is 23.1. The van der Waals surface area contributed by atoms with Gasteiger partial charge in [0, 0.05) is 38.8 Å². The van der Waals surface area contributed by atoms with Crippen LogP contribution in [0.25, 0.3) is 60.9 Å². The molecule has 0 spiro atoms. The molecule has 0 atom stereocenters. The molecule has 0 aliphatic heterocycles. The lowest BCUT2D eigenvalue weighted by Crippen LogP contribution is -2.14. The molecule has 0 unspecified atom stereocenters. The minimum atomic E-state index is -0.0163. The molecule has 0 amide bonds. The van der Waals surface area contributed by atoms with Crippen LogP contribution in [0.5, 0.6) is 0 Å². The summed E-state index contributed by atoms with van der Waals surface area (Å²) in [6.07, 6.45) is 0. The highest BCUT2D eigenvalue weighted by molar-refractivity contribution is 6.11. The Morgan fingerprint density at radius 3 is 1.70 bits per heavy atom. The van der Waals surface area contributed by atoms with E-state index in [9.17, 15) is 0 Å². The van der Waals surface area contributed by atoms with Crippen molar-refractivity contribution in [1.82, 2.24) is 4.57 Å². The zero-order chi connectivity index (χ0) is 31.5. The maximum Gasteiger partial charge on any atom is 0.0541 e. The number of hydrogen-bond donors (Lipinski definition) is 1. The molecule has 1 heterocycles. The van der Waals surface area contributed by atoms with Crippen LogP contribution in [0.3, 0.4) is 0 Å². The van der Waals surface area contributed by atoms with Crippen molar-refractivity contribution in [3.63, 3.8) is 0 Å². The second-order valence-electron chi connectivity index (χ2n) is 13.1. The smallest absolute Gasteiger partial charge is 0.0541 e. The van der Waals surface area contributed by atoms with Gasteiger partial charge in [0.2, 0.25) is 0 Å². The minimum absolute atomic E-state index is 0.0163. The van der Waals surface area contributed by atoms with E-state index in [0.717, 1.165) is 11.4 Å². The van der Waals surface area contributed by atoms with Crippen LogP contribution in [-0.4, -0.2) is 4.57 Å². The molecule has 9 rings (SSSR count). The quantitative estimate of drug-likeness (QED) is 0.207. The average Bonchev–Trinajstić information content (AvgIpc) is 3.57. The van der Waals surface area contributed by atoms with E-state index in [2.05, 4.69) is 188 Å². The third kappa shape index (κ3) is 4.40. The Balaban J connectivity index is 1.11. The third-order valence-electron chi connectivity index (χ3n) is 9.99. The van der Waals surface area contributed by atoms with Crippen LogP contribution >= 0.6 is 0 Å². The molecule has 2 nitrogen and oxygen atoms in total. The molecule has 1 aromatic heterocycles. The number of hydrogen-bond acceptors (Lipinski definition) is 1. The number of benzene rings is 7. The van der Waals surface area contributed by atoms with Gasteiger partial charge < -0.3 is 9.88 Å². The summed E-state index contributed by atoms with van der Waals surface area (Å²) in [6, 6.07) is 59.4. The van der Waals surface area contributed by atoms with E-state index in [1.807, 2.05) is 0 Å². The van der Waals surface area contributed by atoms with Gasteiger partial charge in [0.05, 0.1) is 11.0 Å². The first kappa shape index (κ1) is 27.5. The van der Waals surface area contributed by atoms with E-state index in [4.69, 9.17) is 0 Å². The number of para-hydroxylation sites is 1. The molecule has 2 heteroatoms. The first-order valence-electron chi connectivity index (χ1n) is 16.4. The number of fused-ring (bicyclic) bond motifs is 6. The highest BCUT2D eigenvalue weighted by Crippen LogP contribution is 2.51. The van der Waals surface area contributed by atoms with Crippen molar-refractivity contribution in [3.8, 4) is 39.1 Å². The highest BCUT2D eigenvalue weighted by atomic mass is 15.0. The maximum absolute atomic E-state index is 3.76. The van der Waals surface area contributed by atoms with Gasteiger partial charge in [0.25, 0.3) is 0 Å². The summed E-state index contributed by atoms with van der Waals surface area (Å²) >= 11 is 0. The molecular weight excluding hydrogens is 569 g/mol. The lowest BCUT2D eigenvalue weighted by Gasteiger charge is -2.21. The van der Waals surface area contributed by atoms with E-state index in [-0.39, 0.29) is 5.41 Å². The van der Waals surface area contributed by atoms with Gasteiger partial charge in [-0.25, -0.2) is 0 Å². The molecule has 8 aromatic rings. The molecule has 224 valence electrons. The molecule has 1 aliphatic rings. The first-order valence-corrected chi connectivity index (χ1v) is 16.4. The summed E-state index contributed by atoms with van der Waals surface area (Å²) in [6.45, 7) is 4.65. The minimum Gasteiger partial charge on any atom is -0.355 e. The van der Waals surface area contributed by atoms with Crippen LogP contribution in [0.15, 0.2) is 164 Å². The Bertz CT molecular complexity index is 2430. The molecule has 0 saturated heterocycles. The molecule has 0 radical (unpaired) electrons. The van der Waals surface area contributed by atoms with Gasteiger partial charge in [-0.1, -0.05) is 123 Å². The topological polar surface area (TPSA) is 17.0 Å². The summed E-state index contributed by atoms with van der Waals surface area (Å²) < 4.78 is 2.38. The predicted octanol–water partition coefficient (Wildman–Crippen LogP) is 12.2. The fourth-order valence-electron chi connectivity index (χ4n) is 7.63. The number of anilines is 2. The Morgan fingerprint density at radius 1 is 0.468 bits per heavy atom. The van der Waals surface area contributed by atoms with E-state index >= 15 is 0 Å². The van der Waals surface area contributed by atoms with Crippen LogP contribution < -0.4 is 5.32 Å². The van der Waals surface area contributed by atoms with E-state index < -0.39 is 0 Å². The van der Waals surface area contributed by atoms with Crippen molar-refractivity contribution in [2.24, 2.45) is 0 Å². The van der Waals surface area contributed by atoms with E-state index in [0.29, 0.717) is 0 Å². The summed E-state index contributed by atoms with van der Waals surface area (Å²) in [4.78, 5) is 0. The van der Waals surface area contributed by atoms with Crippen molar-refractivity contribution in [1.29, 1.82) is 0 Å². The van der Waals surface area contributed by atoms with Gasteiger partial charge in [-0.15, -0.1) is 0 Å². The average molecular weight is 603 g/mol. The summed E-state index contributed by atoms with van der Waals surface area (Å²) in [5.74, 6) is 0. The monoisotopic (exact) mass is 602 g/mol. The Hall–Kier alpha value is -5.86. The number of aromatic nitrogens is 1. The third-order valence-corrected chi connectivity index (χ3v) is 9.99. The van der Waals surface area contributed by atoms with Crippen molar-refractivity contribution >= 4 is 33.2 Å². The molecule has 7 aromatic carbocycles. The van der Waals surface area contributed by atoms with Crippen molar-refractivity contribution < 1.29 is 0 Å². The van der Waals surface area contributed by atoms with Crippen LogP contribution in [0.1, 0.15) is 25.0 Å². The molecule has 0 fully saturated rings. The SMILES string of the molecule is CC1(C)c2ccccc2-c2c(Nc3ccc(-c4ccc5c(c4)c4cc(-c6ccccc6)ccc4n5-c4ccccc4)cc3)cccc21. The maximum atomic E-state index is 3.76. The van der Waals surface area contributed by atoms with Crippen LogP contribution in [-0.2, 0) is 5.41 Å². The number of rotatable bonds is 5. The predicted molar refractivity (Wildman–Crippen MR) is 199 cm³/mol. The second-order valence-corrected chi connectivity index (χ2v) is 13.1. The highest BCUT2D eigenvalue weighted by Gasteiger charge is 2.36. The van der Waals surface area contributed by atoms with Gasteiger partial charge in [0.15, 0.2) is 0 Å². The second kappa shape index (κ2) is 10.6. The van der Waals surface area contributed by atoms with Crippen molar-refractivity contribution in [2.75, 3.05) is 5.32 Å². The zero-order valence-corrected chi connectivity index (χ0v) is 26.5. The van der Waals surface area contributed by atoms with Gasteiger partial charge >= 0.3 is 0 Å². The van der Waals surface area contributed by atoms with E-state index in [1.54, 1.807) is 0 Å². The Labute approximate surface area is 275 Å². The lowest BCUT2D eigenvalue weighted by molar-refractivity contribution is 0.660. The number of nitrogens with zero attached hydrogens (tertiary/aromatic N) is 1. The van der Waals surface area contributed by atoms with Crippen LogP contribution in [0, 0.1) is 0 Å². The van der Waals surface area contributed by atoms with Crippen LogP contribution in [0.2, 0.25) is 0 Å². The van der Waals surface area contributed by atoms with E-state index in [1.165, 1.54) is 72.0 Å². The zero-order valence-electron chi connectivity index (χ0n) is 26.5. The number of nitrogens with one attached hydrogen (secondary N) is 1. The van der Waals surface area contributed by atoms with Gasteiger partial charge in [-0.05, 0) is 93.5 Å². The van der Waals surface area contributed by atoms with Crippen LogP contribution in [0.4, 0.5) is 11.4 Å². The van der Waals surface area contributed by atoms with Crippen molar-refractivity contribution in [3.05, 3.63) is 175 Å². The fraction of sp³-hybridized carbons (Fsp3) is 0.0667. The Kier molecular flexibility index (Phi) is 6.20. The summed E-state index contributed by atoms with van der Waals surface area (Å²) in [5.41, 5.74) is 16.1. The molecule has 1 N–H and O–H groups in total. The molecular formula is C45H34N2. The van der Waals surface area contributed by atoms with Gasteiger partial charge in [0.1, 0.15) is 0 Å². The largest absolute Gasteiger partial charge is 0.355 e. The summed E-state index contributed by atoms with van der Waals surface area (Å²) in [7, 11) is 0. The van der Waals surface area contributed by atoms with Gasteiger partial charge in [-0.2, -0.15) is 0 Å². The lowest BCUT2D eigenvalue weighted by atomic mass is 9.82. The van der Waals surface area contributed by atoms with Crippen molar-refractivity contribution in [2.45, 2.75) is 19.3 Å². The molecule has 0 saturated carbocycles. The molecule has 47 heavy (non-hydrogen) atoms.